The molecule has 1 saturated heterocycles. The van der Waals surface area contributed by atoms with Crippen LogP contribution in [0.25, 0.3) is 0 Å². The highest BCUT2D eigenvalue weighted by Gasteiger charge is 2.52. The van der Waals surface area contributed by atoms with E-state index in [0.717, 1.165) is 32.5 Å². The van der Waals surface area contributed by atoms with Crippen molar-refractivity contribution in [1.82, 2.24) is 0 Å². The van der Waals surface area contributed by atoms with Gasteiger partial charge in [0, 0.05) is 27.7 Å². The van der Waals surface area contributed by atoms with Crippen LogP contribution in [0, 0.1) is 0 Å². The predicted octanol–water partition coefficient (Wildman–Crippen LogP) is 0.00160. The van der Waals surface area contributed by atoms with Gasteiger partial charge in [-0.3, -0.25) is 19.2 Å². The molecule has 0 bridgehead atoms. The molecular weight excluding hydrogens is 384 g/mol. The van der Waals surface area contributed by atoms with Crippen LogP contribution >= 0.6 is 11.8 Å². The summed E-state index contributed by atoms with van der Waals surface area (Å²) in [5.74, 6) is -2.68. The van der Waals surface area contributed by atoms with Crippen LogP contribution in [-0.2, 0) is 47.7 Å². The molecule has 152 valence electrons. The first kappa shape index (κ1) is 22.9. The van der Waals surface area contributed by atoms with Crippen molar-refractivity contribution in [2.45, 2.75) is 57.5 Å². The number of carbonyl (C=O) groups is 5. The molecule has 0 aliphatic carbocycles. The van der Waals surface area contributed by atoms with Gasteiger partial charge in [-0.05, 0) is 0 Å². The minimum absolute atomic E-state index is 0.00768. The topological polar surface area (TPSA) is 132 Å². The zero-order chi connectivity index (χ0) is 20.6. The minimum atomic E-state index is -1.21. The summed E-state index contributed by atoms with van der Waals surface area (Å²) in [7, 11) is 0. The molecule has 5 atom stereocenters. The van der Waals surface area contributed by atoms with Crippen molar-refractivity contribution in [3.05, 3.63) is 0 Å². The van der Waals surface area contributed by atoms with E-state index in [0.29, 0.717) is 6.29 Å². The van der Waals surface area contributed by atoms with E-state index in [1.54, 1.807) is 0 Å². The summed E-state index contributed by atoms with van der Waals surface area (Å²) in [5.41, 5.74) is -0.921. The van der Waals surface area contributed by atoms with Crippen molar-refractivity contribution >= 4 is 41.9 Å². The van der Waals surface area contributed by atoms with E-state index in [4.69, 9.17) is 23.7 Å². The van der Waals surface area contributed by atoms with Gasteiger partial charge in [0.15, 0.2) is 18.3 Å². The fourth-order valence-corrected chi connectivity index (χ4v) is 3.35. The highest BCUT2D eigenvalue weighted by Crippen LogP contribution is 2.34. The number of aldehydes is 1. The van der Waals surface area contributed by atoms with E-state index < -0.39 is 53.7 Å². The van der Waals surface area contributed by atoms with Crippen molar-refractivity contribution in [3.8, 4) is 0 Å². The third-order valence-corrected chi connectivity index (χ3v) is 4.31. The quantitative estimate of drug-likeness (QED) is 0.306. The predicted molar refractivity (Wildman–Crippen MR) is 90.5 cm³/mol. The fraction of sp³-hybridized carbons (Fsp3) is 0.688. The molecule has 0 amide bonds. The van der Waals surface area contributed by atoms with Crippen LogP contribution in [0.1, 0.15) is 27.7 Å². The standard InChI is InChI=1S/C16H22O10S/c1-8(18)22-7-12-13(23-9(2)19)14(24-10(3)20)15(25-11(4)21)16(26-12)27-6-5-17/h5,12-16H,6-7H2,1-4H3/t12-,13-,14+,15-,16+/m1/s1. The lowest BCUT2D eigenvalue weighted by Gasteiger charge is -2.44. The lowest BCUT2D eigenvalue weighted by atomic mass is 9.99. The van der Waals surface area contributed by atoms with E-state index in [-0.39, 0.29) is 12.4 Å². The monoisotopic (exact) mass is 406 g/mol. The van der Waals surface area contributed by atoms with Gasteiger partial charge in [-0.25, -0.2) is 0 Å². The number of hydrogen-bond acceptors (Lipinski definition) is 11. The second kappa shape index (κ2) is 10.9. The van der Waals surface area contributed by atoms with E-state index in [1.807, 2.05) is 0 Å². The minimum Gasteiger partial charge on any atom is -0.463 e. The molecule has 1 aliphatic heterocycles. The number of carbonyl (C=O) groups excluding carboxylic acids is 5. The summed E-state index contributed by atoms with van der Waals surface area (Å²) < 4.78 is 26.4. The average molecular weight is 406 g/mol. The SMILES string of the molecule is CC(=O)OC[C@H]1O[C@@H](SCC=O)[C@H](OC(C)=O)[C@@H](OC(C)=O)[C@@H]1OC(C)=O. The number of esters is 4. The van der Waals surface area contributed by atoms with Crippen molar-refractivity contribution in [2.24, 2.45) is 0 Å². The van der Waals surface area contributed by atoms with Gasteiger partial charge < -0.3 is 28.5 Å². The molecule has 0 aromatic carbocycles. The second-order valence-corrected chi connectivity index (χ2v) is 6.70. The summed E-state index contributed by atoms with van der Waals surface area (Å²) in [4.78, 5) is 56.5. The van der Waals surface area contributed by atoms with Gasteiger partial charge in [-0.1, -0.05) is 0 Å². The average Bonchev–Trinajstić information content (AvgIpc) is 2.54. The van der Waals surface area contributed by atoms with Gasteiger partial charge in [0.1, 0.15) is 24.4 Å². The maximum atomic E-state index is 11.6. The molecule has 0 radical (unpaired) electrons. The molecule has 1 aliphatic rings. The van der Waals surface area contributed by atoms with Crippen molar-refractivity contribution in [1.29, 1.82) is 0 Å². The second-order valence-electron chi connectivity index (χ2n) is 5.57. The summed E-state index contributed by atoms with van der Waals surface area (Å²) in [6.45, 7) is 4.32. The van der Waals surface area contributed by atoms with E-state index in [9.17, 15) is 24.0 Å². The summed E-state index contributed by atoms with van der Waals surface area (Å²) >= 11 is 0.997. The van der Waals surface area contributed by atoms with Crippen molar-refractivity contribution in [3.63, 3.8) is 0 Å². The van der Waals surface area contributed by atoms with Gasteiger partial charge in [0.05, 0.1) is 5.75 Å². The Hall–Kier alpha value is -2.14. The Morgan fingerprint density at radius 1 is 0.852 bits per heavy atom. The third kappa shape index (κ3) is 7.55. The van der Waals surface area contributed by atoms with Gasteiger partial charge in [0.25, 0.3) is 0 Å². The maximum Gasteiger partial charge on any atom is 0.303 e. The molecule has 0 spiro atoms. The van der Waals surface area contributed by atoms with Crippen LogP contribution in [0.5, 0.6) is 0 Å². The molecule has 0 unspecified atom stereocenters. The zero-order valence-electron chi connectivity index (χ0n) is 15.4. The Bertz CT molecular complexity index is 578. The largest absolute Gasteiger partial charge is 0.463 e. The Morgan fingerprint density at radius 3 is 1.85 bits per heavy atom. The van der Waals surface area contributed by atoms with Gasteiger partial charge >= 0.3 is 23.9 Å². The third-order valence-electron chi connectivity index (χ3n) is 3.28. The highest BCUT2D eigenvalue weighted by atomic mass is 32.2. The first-order chi connectivity index (χ1) is 12.6. The van der Waals surface area contributed by atoms with E-state index in [1.165, 1.54) is 6.92 Å². The molecule has 1 fully saturated rings. The summed E-state index contributed by atoms with van der Waals surface area (Å²) in [6.07, 6.45) is -3.93. The lowest BCUT2D eigenvalue weighted by molar-refractivity contribution is -0.237. The number of thioether (sulfide) groups is 1. The molecule has 27 heavy (non-hydrogen) atoms. The van der Waals surface area contributed by atoms with Crippen LogP contribution in [0.2, 0.25) is 0 Å². The van der Waals surface area contributed by atoms with Gasteiger partial charge in [0.2, 0.25) is 0 Å². The van der Waals surface area contributed by atoms with Gasteiger partial charge in [-0.2, -0.15) is 0 Å². The number of hydrogen-bond donors (Lipinski definition) is 0. The lowest BCUT2D eigenvalue weighted by Crippen LogP contribution is -2.61. The van der Waals surface area contributed by atoms with Gasteiger partial charge in [-0.15, -0.1) is 11.8 Å². The molecule has 1 rings (SSSR count). The molecule has 0 aromatic heterocycles. The highest BCUT2D eigenvalue weighted by molar-refractivity contribution is 8.00. The molecule has 11 heteroatoms. The molecule has 0 saturated carbocycles. The van der Waals surface area contributed by atoms with Crippen LogP contribution in [0.4, 0.5) is 0 Å². The number of rotatable bonds is 8. The Balaban J connectivity index is 3.24. The normalized spacial score (nSPS) is 27.2. The molecule has 0 aromatic rings. The molecule has 0 N–H and O–H groups in total. The molecule has 10 nitrogen and oxygen atoms in total. The Labute approximate surface area is 160 Å². The smallest absolute Gasteiger partial charge is 0.303 e. The molecule has 1 heterocycles. The van der Waals surface area contributed by atoms with Crippen molar-refractivity contribution < 1.29 is 47.7 Å². The van der Waals surface area contributed by atoms with Crippen LogP contribution < -0.4 is 0 Å². The van der Waals surface area contributed by atoms with E-state index >= 15 is 0 Å². The maximum absolute atomic E-state index is 11.6. The van der Waals surface area contributed by atoms with Crippen LogP contribution in [-0.4, -0.2) is 72.4 Å². The van der Waals surface area contributed by atoms with Crippen molar-refractivity contribution in [2.75, 3.05) is 12.4 Å². The number of ether oxygens (including phenoxy) is 5. The first-order valence-corrected chi connectivity index (χ1v) is 9.06. The Morgan fingerprint density at radius 2 is 1.37 bits per heavy atom. The summed E-state index contributed by atoms with van der Waals surface area (Å²) in [6, 6.07) is 0. The van der Waals surface area contributed by atoms with Crippen LogP contribution in [0.15, 0.2) is 0 Å². The molecular formula is C16H22O10S. The van der Waals surface area contributed by atoms with E-state index in [2.05, 4.69) is 0 Å². The zero-order valence-corrected chi connectivity index (χ0v) is 16.2. The van der Waals surface area contributed by atoms with Crippen LogP contribution in [0.3, 0.4) is 0 Å². The first-order valence-electron chi connectivity index (χ1n) is 8.01. The Kier molecular flexibility index (Phi) is 9.22. The fourth-order valence-electron chi connectivity index (χ4n) is 2.46. The summed E-state index contributed by atoms with van der Waals surface area (Å²) in [5, 5.41) is 0.